The topological polar surface area (TPSA) is 65.2 Å². The van der Waals surface area contributed by atoms with E-state index in [9.17, 15) is 4.79 Å². The van der Waals surface area contributed by atoms with Crippen molar-refractivity contribution in [2.24, 2.45) is 5.92 Å². The smallest absolute Gasteiger partial charge is 0.254 e. The van der Waals surface area contributed by atoms with Crippen LogP contribution in [0.2, 0.25) is 0 Å². The van der Waals surface area contributed by atoms with Crippen molar-refractivity contribution in [3.05, 3.63) is 53.6 Å². The number of carbonyl (C=O) groups is 1. The summed E-state index contributed by atoms with van der Waals surface area (Å²) in [5, 5.41) is 8.95. The van der Waals surface area contributed by atoms with Gasteiger partial charge >= 0.3 is 0 Å². The van der Waals surface area contributed by atoms with Crippen LogP contribution in [0.4, 0.5) is 0 Å². The molecule has 1 aromatic heterocycles. The van der Waals surface area contributed by atoms with Crippen LogP contribution < -0.4 is 0 Å². The van der Waals surface area contributed by atoms with Gasteiger partial charge in [0, 0.05) is 43.5 Å². The Morgan fingerprint density at radius 1 is 1.19 bits per heavy atom. The second-order valence-electron chi connectivity index (χ2n) is 7.24. The van der Waals surface area contributed by atoms with Crippen LogP contribution in [0.25, 0.3) is 0 Å². The van der Waals surface area contributed by atoms with Gasteiger partial charge in [0.1, 0.15) is 5.82 Å². The molecule has 26 heavy (non-hydrogen) atoms. The number of aromatic nitrogens is 2. The molecule has 1 amide bonds. The van der Waals surface area contributed by atoms with Gasteiger partial charge in [-0.25, -0.2) is 4.98 Å². The maximum Gasteiger partial charge on any atom is 0.254 e. The third-order valence-electron chi connectivity index (χ3n) is 5.33. The fourth-order valence-electron chi connectivity index (χ4n) is 4.01. The van der Waals surface area contributed by atoms with Gasteiger partial charge in [-0.05, 0) is 50.2 Å². The molecule has 2 aliphatic heterocycles. The molecule has 1 atom stereocenters. The monoisotopic (exact) mass is 349 g/mol. The first-order valence-corrected chi connectivity index (χ1v) is 9.25. The Labute approximate surface area is 153 Å². The highest BCUT2D eigenvalue weighted by Crippen LogP contribution is 2.20. The Balaban J connectivity index is 1.55. The lowest BCUT2D eigenvalue weighted by atomic mass is 10.1. The molecule has 0 radical (unpaired) electrons. The third-order valence-corrected chi connectivity index (χ3v) is 5.33. The van der Waals surface area contributed by atoms with Crippen molar-refractivity contribution in [2.45, 2.75) is 25.9 Å². The van der Waals surface area contributed by atoms with Crippen molar-refractivity contribution in [1.82, 2.24) is 19.4 Å². The summed E-state index contributed by atoms with van der Waals surface area (Å²) in [5.74, 6) is 1.35. The fourth-order valence-corrected chi connectivity index (χ4v) is 4.01. The van der Waals surface area contributed by atoms with Gasteiger partial charge in [-0.3, -0.25) is 4.79 Å². The molecule has 1 aromatic carbocycles. The largest absolute Gasteiger partial charge is 0.333 e. The minimum Gasteiger partial charge on any atom is -0.333 e. The summed E-state index contributed by atoms with van der Waals surface area (Å²) < 4.78 is 2.19. The molecule has 1 fully saturated rings. The highest BCUT2D eigenvalue weighted by molar-refractivity contribution is 5.94. The van der Waals surface area contributed by atoms with Crippen LogP contribution in [0, 0.1) is 17.2 Å². The molecule has 1 saturated heterocycles. The molecule has 2 aromatic rings. The van der Waals surface area contributed by atoms with E-state index in [2.05, 4.69) is 20.5 Å². The SMILES string of the molecule is N#Cc1ccc(C(=O)N2Cc3nccn3CC(CN3CCCC3)C2)cc1. The summed E-state index contributed by atoms with van der Waals surface area (Å²) in [6.45, 7) is 5.52. The summed E-state index contributed by atoms with van der Waals surface area (Å²) in [7, 11) is 0. The summed E-state index contributed by atoms with van der Waals surface area (Å²) in [4.78, 5) is 21.9. The van der Waals surface area contributed by atoms with Gasteiger partial charge in [-0.15, -0.1) is 0 Å². The van der Waals surface area contributed by atoms with Crippen molar-refractivity contribution >= 4 is 5.91 Å². The number of rotatable bonds is 3. The zero-order chi connectivity index (χ0) is 17.9. The number of likely N-dealkylation sites (tertiary alicyclic amines) is 1. The molecule has 0 N–H and O–H groups in total. The molecule has 6 nitrogen and oxygen atoms in total. The summed E-state index contributed by atoms with van der Waals surface area (Å²) in [6, 6.07) is 8.99. The number of fused-ring (bicyclic) bond motifs is 1. The fraction of sp³-hybridized carbons (Fsp3) is 0.450. The van der Waals surface area contributed by atoms with Crippen molar-refractivity contribution in [3.8, 4) is 6.07 Å². The molecular weight excluding hydrogens is 326 g/mol. The number of nitriles is 1. The van der Waals surface area contributed by atoms with Crippen LogP contribution in [0.15, 0.2) is 36.7 Å². The van der Waals surface area contributed by atoms with Crippen LogP contribution in [-0.4, -0.2) is 51.4 Å². The maximum atomic E-state index is 13.1. The Kier molecular flexibility index (Phi) is 4.72. The highest BCUT2D eigenvalue weighted by Gasteiger charge is 2.28. The Morgan fingerprint density at radius 2 is 1.96 bits per heavy atom. The number of benzene rings is 1. The predicted octanol–water partition coefficient (Wildman–Crippen LogP) is 2.12. The molecule has 0 aliphatic carbocycles. The third kappa shape index (κ3) is 3.49. The van der Waals surface area contributed by atoms with Gasteiger partial charge in [0.25, 0.3) is 5.91 Å². The highest BCUT2D eigenvalue weighted by atomic mass is 16.2. The van der Waals surface area contributed by atoms with E-state index in [4.69, 9.17) is 5.26 Å². The lowest BCUT2D eigenvalue weighted by Gasteiger charge is -2.27. The number of imidazole rings is 1. The van der Waals surface area contributed by atoms with Crippen LogP contribution in [0.5, 0.6) is 0 Å². The molecule has 2 aliphatic rings. The first-order valence-electron chi connectivity index (χ1n) is 9.25. The molecule has 134 valence electrons. The van der Waals surface area contributed by atoms with E-state index in [0.717, 1.165) is 38.5 Å². The molecule has 6 heteroatoms. The van der Waals surface area contributed by atoms with E-state index in [1.54, 1.807) is 24.3 Å². The zero-order valence-corrected chi connectivity index (χ0v) is 14.8. The Morgan fingerprint density at radius 3 is 2.69 bits per heavy atom. The molecule has 4 rings (SSSR count). The Bertz CT molecular complexity index is 813. The van der Waals surface area contributed by atoms with Gasteiger partial charge in [-0.1, -0.05) is 0 Å². The van der Waals surface area contributed by atoms with Gasteiger partial charge in [0.15, 0.2) is 0 Å². The number of carbonyl (C=O) groups excluding carboxylic acids is 1. The van der Waals surface area contributed by atoms with E-state index in [0.29, 0.717) is 23.6 Å². The molecule has 0 spiro atoms. The van der Waals surface area contributed by atoms with Gasteiger partial charge in [-0.2, -0.15) is 5.26 Å². The van der Waals surface area contributed by atoms with Gasteiger partial charge in [0.05, 0.1) is 18.2 Å². The summed E-state index contributed by atoms with van der Waals surface area (Å²) in [5.41, 5.74) is 1.20. The van der Waals surface area contributed by atoms with Crippen molar-refractivity contribution in [2.75, 3.05) is 26.2 Å². The number of hydrogen-bond donors (Lipinski definition) is 0. The van der Waals surface area contributed by atoms with Crippen molar-refractivity contribution in [3.63, 3.8) is 0 Å². The number of amides is 1. The van der Waals surface area contributed by atoms with Crippen LogP contribution in [0.1, 0.15) is 34.6 Å². The average molecular weight is 349 g/mol. The number of hydrogen-bond acceptors (Lipinski definition) is 4. The lowest BCUT2D eigenvalue weighted by Crippen LogP contribution is -2.38. The molecule has 0 saturated carbocycles. The zero-order valence-electron chi connectivity index (χ0n) is 14.8. The van der Waals surface area contributed by atoms with E-state index in [1.807, 2.05) is 17.3 Å². The molecule has 1 unspecified atom stereocenters. The minimum absolute atomic E-state index is 0.0114. The van der Waals surface area contributed by atoms with Crippen molar-refractivity contribution < 1.29 is 4.79 Å². The van der Waals surface area contributed by atoms with Gasteiger partial charge in [0.2, 0.25) is 0 Å². The quantitative estimate of drug-likeness (QED) is 0.851. The van der Waals surface area contributed by atoms with Crippen LogP contribution >= 0.6 is 0 Å². The summed E-state index contributed by atoms with van der Waals surface area (Å²) in [6.07, 6.45) is 6.38. The first-order chi connectivity index (χ1) is 12.7. The van der Waals surface area contributed by atoms with E-state index in [-0.39, 0.29) is 5.91 Å². The maximum absolute atomic E-state index is 13.1. The van der Waals surface area contributed by atoms with Gasteiger partial charge < -0.3 is 14.4 Å². The standard InChI is InChI=1S/C20H23N5O/c21-11-16-3-5-18(6-4-16)20(26)25-14-17(12-23-8-1-2-9-23)13-24-10-7-22-19(24)15-25/h3-7,10,17H,1-2,8-9,12-15H2. The Hall–Kier alpha value is -2.65. The minimum atomic E-state index is 0.0114. The second-order valence-corrected chi connectivity index (χ2v) is 7.24. The predicted molar refractivity (Wildman–Crippen MR) is 97.3 cm³/mol. The number of nitrogens with zero attached hydrogens (tertiary/aromatic N) is 5. The van der Waals surface area contributed by atoms with E-state index < -0.39 is 0 Å². The first kappa shape index (κ1) is 16.8. The normalized spacial score (nSPS) is 20.4. The summed E-state index contributed by atoms with van der Waals surface area (Å²) >= 11 is 0. The lowest BCUT2D eigenvalue weighted by molar-refractivity contribution is 0.0707. The second kappa shape index (κ2) is 7.30. The average Bonchev–Trinajstić information content (AvgIpc) is 3.30. The van der Waals surface area contributed by atoms with E-state index in [1.165, 1.54) is 12.8 Å². The van der Waals surface area contributed by atoms with Crippen LogP contribution in [0.3, 0.4) is 0 Å². The molecular formula is C20H23N5O. The molecule has 0 bridgehead atoms. The van der Waals surface area contributed by atoms with Crippen molar-refractivity contribution in [1.29, 1.82) is 5.26 Å². The van der Waals surface area contributed by atoms with Crippen LogP contribution in [-0.2, 0) is 13.1 Å². The molecule has 3 heterocycles. The van der Waals surface area contributed by atoms with E-state index >= 15 is 0 Å².